The molecule has 1 amide bonds. The summed E-state index contributed by atoms with van der Waals surface area (Å²) >= 11 is 0. The third-order valence-electron chi connectivity index (χ3n) is 14.3. The number of unbranched alkanes of at least 4 members (excludes halogenated alkanes) is 27. The number of allylic oxidation sites excluding steroid dienone is 21. The average molecular weight is 1160 g/mol. The molecule has 0 fully saturated rings. The zero-order valence-corrected chi connectivity index (χ0v) is 54.5. The Balaban J connectivity index is 4.19. The first kappa shape index (κ1) is 78.6. The van der Waals surface area contributed by atoms with Gasteiger partial charge in [-0.15, -0.1) is 0 Å². The molecule has 0 aliphatic carbocycles. The van der Waals surface area contributed by atoms with Crippen molar-refractivity contribution in [2.24, 2.45) is 0 Å². The molecule has 470 valence electrons. The largest absolute Gasteiger partial charge is 0.756 e. The van der Waals surface area contributed by atoms with E-state index in [-0.39, 0.29) is 12.5 Å². The lowest BCUT2D eigenvalue weighted by Crippen LogP contribution is -2.45. The van der Waals surface area contributed by atoms with E-state index in [1.165, 1.54) is 141 Å². The summed E-state index contributed by atoms with van der Waals surface area (Å²) in [6, 6.07) is -0.917. The van der Waals surface area contributed by atoms with E-state index in [0.29, 0.717) is 17.4 Å². The Hall–Kier alpha value is -3.36. The molecule has 0 radical (unpaired) electrons. The highest BCUT2D eigenvalue weighted by atomic mass is 31.2. The second kappa shape index (κ2) is 62.2. The van der Waals surface area contributed by atoms with Crippen molar-refractivity contribution in [2.45, 2.75) is 283 Å². The summed E-state index contributed by atoms with van der Waals surface area (Å²) < 4.78 is 23.4. The van der Waals surface area contributed by atoms with Crippen molar-refractivity contribution >= 4 is 13.7 Å². The molecule has 0 heterocycles. The van der Waals surface area contributed by atoms with Crippen LogP contribution >= 0.6 is 7.82 Å². The molecule has 0 saturated carbocycles. The first-order chi connectivity index (χ1) is 40.0. The van der Waals surface area contributed by atoms with Gasteiger partial charge in [-0.05, 0) is 103 Å². The molecule has 0 aliphatic rings. The summed E-state index contributed by atoms with van der Waals surface area (Å²) in [6.45, 7) is 4.52. The number of carbonyl (C=O) groups excluding carboxylic acids is 1. The summed E-state index contributed by atoms with van der Waals surface area (Å²) in [5.74, 6) is -0.217. The summed E-state index contributed by atoms with van der Waals surface area (Å²) in [7, 11) is 1.23. The first-order valence-electron chi connectivity index (χ1n) is 33.5. The van der Waals surface area contributed by atoms with Gasteiger partial charge in [0.25, 0.3) is 7.82 Å². The standard InChI is InChI=1S/C73H127N2O6P/c1-6-8-10-12-14-16-18-20-22-24-26-28-30-31-32-33-34-35-36-37-38-39-40-41-42-43-45-47-49-51-53-55-57-59-61-63-65-67-73(77)74-71(70-81-82(78,79)80-69-68-75(3,4)5)72(76)66-64-62-60-58-56-54-52-50-48-46-44-29-27-25-23-21-19-17-15-13-11-9-7-2/h8,10,14,16,20,22,26,28,31-32,34-35,37-38,40-41,43,45,56,58,64,66,71-72,76H,6-7,9,11-13,15,17-19,21,23-25,27,29-30,33,36,39,42,44,46-55,57,59-63,65,67-70H2,1-5H3,(H-,74,77,78,79)/b10-8-,16-14-,22-20-,28-26-,32-31-,35-34-,38-37-,41-40-,45-43-,58-56+,66-64+. The van der Waals surface area contributed by atoms with Gasteiger partial charge in [-0.25, -0.2) is 0 Å². The Bertz CT molecular complexity index is 1800. The number of hydrogen-bond donors (Lipinski definition) is 2. The van der Waals surface area contributed by atoms with Crippen molar-refractivity contribution < 1.29 is 32.9 Å². The molecule has 0 aromatic rings. The molecule has 8 nitrogen and oxygen atoms in total. The summed E-state index contributed by atoms with van der Waals surface area (Å²) in [4.78, 5) is 25.6. The van der Waals surface area contributed by atoms with Crippen LogP contribution in [0.2, 0.25) is 0 Å². The molecule has 0 aliphatic heterocycles. The maximum atomic E-state index is 13.0. The molecule has 3 unspecified atom stereocenters. The highest BCUT2D eigenvalue weighted by Gasteiger charge is 2.23. The van der Waals surface area contributed by atoms with Crippen LogP contribution in [0.15, 0.2) is 134 Å². The number of aliphatic hydroxyl groups is 1. The Morgan fingerprint density at radius 3 is 1.13 bits per heavy atom. The number of hydrogen-bond acceptors (Lipinski definition) is 6. The van der Waals surface area contributed by atoms with Gasteiger partial charge in [0.1, 0.15) is 13.2 Å². The van der Waals surface area contributed by atoms with Gasteiger partial charge in [-0.1, -0.05) is 295 Å². The molecule has 9 heteroatoms. The van der Waals surface area contributed by atoms with Crippen LogP contribution in [-0.2, 0) is 18.4 Å². The van der Waals surface area contributed by atoms with Gasteiger partial charge < -0.3 is 28.8 Å². The van der Waals surface area contributed by atoms with Gasteiger partial charge in [-0.3, -0.25) is 9.36 Å². The lowest BCUT2D eigenvalue weighted by molar-refractivity contribution is -0.870. The lowest BCUT2D eigenvalue weighted by Gasteiger charge is -2.29. The quantitative estimate of drug-likeness (QED) is 0.0272. The van der Waals surface area contributed by atoms with Crippen LogP contribution in [-0.4, -0.2) is 68.5 Å². The topological polar surface area (TPSA) is 108 Å². The Morgan fingerprint density at radius 1 is 0.439 bits per heavy atom. The van der Waals surface area contributed by atoms with E-state index in [1.807, 2.05) is 27.2 Å². The van der Waals surface area contributed by atoms with Crippen LogP contribution < -0.4 is 10.2 Å². The van der Waals surface area contributed by atoms with E-state index < -0.39 is 26.6 Å². The zero-order valence-electron chi connectivity index (χ0n) is 53.6. The number of phosphoric acid groups is 1. The van der Waals surface area contributed by atoms with E-state index >= 15 is 0 Å². The minimum Gasteiger partial charge on any atom is -0.756 e. The fourth-order valence-corrected chi connectivity index (χ4v) is 9.89. The molecule has 3 atom stereocenters. The number of nitrogens with one attached hydrogen (secondary N) is 1. The highest BCUT2D eigenvalue weighted by Crippen LogP contribution is 2.38. The third kappa shape index (κ3) is 64.2. The van der Waals surface area contributed by atoms with E-state index in [0.717, 1.165) is 109 Å². The van der Waals surface area contributed by atoms with Crippen molar-refractivity contribution in [2.75, 3.05) is 40.9 Å². The van der Waals surface area contributed by atoms with Crippen molar-refractivity contribution in [1.29, 1.82) is 0 Å². The number of quaternary nitrogens is 1. The molecular formula is C73H127N2O6P. The van der Waals surface area contributed by atoms with E-state index in [1.54, 1.807) is 6.08 Å². The number of likely N-dealkylation sites (N-methyl/N-ethyl adjacent to an activating group) is 1. The molecule has 0 saturated heterocycles. The maximum Gasteiger partial charge on any atom is 0.268 e. The van der Waals surface area contributed by atoms with Crippen molar-refractivity contribution in [3.05, 3.63) is 134 Å². The molecule has 0 aromatic carbocycles. The number of rotatable bonds is 60. The van der Waals surface area contributed by atoms with E-state index in [9.17, 15) is 19.4 Å². The SMILES string of the molecule is CC/C=C\C/C=C\C/C=C\C/C=C\C/C=C\C/C=C\C/C=C\C/C=C\C/C=C\CCCCCCCCCCCC(=O)NC(COP(=O)([O-])OCC[N+](C)(C)C)C(O)/C=C/CC/C=C/CCCCCCCCCCCCCCCCCCC. The maximum absolute atomic E-state index is 13.0. The molecule has 0 bridgehead atoms. The Kier molecular flexibility index (Phi) is 59.6. The van der Waals surface area contributed by atoms with Crippen LogP contribution in [0, 0.1) is 0 Å². The second-order valence-corrected chi connectivity index (χ2v) is 24.8. The van der Waals surface area contributed by atoms with Crippen LogP contribution in [0.25, 0.3) is 0 Å². The molecule has 0 spiro atoms. The fraction of sp³-hybridized carbons (Fsp3) is 0.685. The van der Waals surface area contributed by atoms with Gasteiger partial charge in [0, 0.05) is 6.42 Å². The minimum atomic E-state index is -4.62. The number of carbonyl (C=O) groups is 1. The van der Waals surface area contributed by atoms with Crippen molar-refractivity contribution in [3.63, 3.8) is 0 Å². The fourth-order valence-electron chi connectivity index (χ4n) is 9.16. The molecular weight excluding hydrogens is 1030 g/mol. The molecule has 2 N–H and O–H groups in total. The van der Waals surface area contributed by atoms with Crippen LogP contribution in [0.3, 0.4) is 0 Å². The summed E-state index contributed by atoms with van der Waals surface area (Å²) in [5, 5.41) is 13.9. The van der Waals surface area contributed by atoms with Gasteiger partial charge >= 0.3 is 0 Å². The third-order valence-corrected chi connectivity index (χ3v) is 15.3. The first-order valence-corrected chi connectivity index (χ1v) is 35.0. The van der Waals surface area contributed by atoms with Crippen LogP contribution in [0.4, 0.5) is 0 Å². The Labute approximate surface area is 506 Å². The summed E-state index contributed by atoms with van der Waals surface area (Å²) in [5.41, 5.74) is 0. The minimum absolute atomic E-state index is 0.0137. The van der Waals surface area contributed by atoms with Gasteiger partial charge in [0.2, 0.25) is 5.91 Å². The van der Waals surface area contributed by atoms with Crippen molar-refractivity contribution in [1.82, 2.24) is 5.32 Å². The zero-order chi connectivity index (χ0) is 59.8. The van der Waals surface area contributed by atoms with Gasteiger partial charge in [0.15, 0.2) is 0 Å². The second-order valence-electron chi connectivity index (χ2n) is 23.4. The average Bonchev–Trinajstić information content (AvgIpc) is 3.47. The van der Waals surface area contributed by atoms with Gasteiger partial charge in [-0.2, -0.15) is 0 Å². The predicted octanol–water partition coefficient (Wildman–Crippen LogP) is 20.8. The van der Waals surface area contributed by atoms with E-state index in [4.69, 9.17) is 9.05 Å². The Morgan fingerprint density at radius 2 is 0.756 bits per heavy atom. The summed E-state index contributed by atoms with van der Waals surface area (Å²) in [6.07, 6.45) is 94.1. The number of phosphoric ester groups is 1. The lowest BCUT2D eigenvalue weighted by atomic mass is 10.0. The predicted molar refractivity (Wildman–Crippen MR) is 357 cm³/mol. The molecule has 0 rings (SSSR count). The number of amides is 1. The van der Waals surface area contributed by atoms with Crippen LogP contribution in [0.5, 0.6) is 0 Å². The van der Waals surface area contributed by atoms with Crippen molar-refractivity contribution in [3.8, 4) is 0 Å². The normalized spacial score (nSPS) is 14.6. The van der Waals surface area contributed by atoms with E-state index in [2.05, 4.69) is 141 Å². The highest BCUT2D eigenvalue weighted by molar-refractivity contribution is 7.45. The molecule has 82 heavy (non-hydrogen) atoms. The molecule has 0 aromatic heterocycles. The van der Waals surface area contributed by atoms with Crippen LogP contribution in [0.1, 0.15) is 271 Å². The van der Waals surface area contributed by atoms with Gasteiger partial charge in [0.05, 0.1) is 39.9 Å². The number of aliphatic hydroxyl groups excluding tert-OH is 1. The smallest absolute Gasteiger partial charge is 0.268 e. The monoisotopic (exact) mass is 1160 g/mol. The number of nitrogens with zero attached hydrogens (tertiary/aromatic N) is 1.